The minimum Gasteiger partial charge on any atom is -0.381 e. The van der Waals surface area contributed by atoms with Gasteiger partial charge in [0.05, 0.1) is 16.5 Å². The lowest BCUT2D eigenvalue weighted by Gasteiger charge is -2.16. The van der Waals surface area contributed by atoms with Crippen molar-refractivity contribution in [2.75, 3.05) is 19.5 Å². The molecule has 0 amide bonds. The quantitative estimate of drug-likeness (QED) is 0.344. The molecule has 0 fully saturated rings. The van der Waals surface area contributed by atoms with E-state index < -0.39 is 9.84 Å². The average molecular weight is 525 g/mol. The fraction of sp³-hybridized carbons (Fsp3) is 0.308. The van der Waals surface area contributed by atoms with Gasteiger partial charge in [0, 0.05) is 41.4 Å². The fourth-order valence-corrected chi connectivity index (χ4v) is 3.41. The second kappa shape index (κ2) is 14.2. The number of hydrogen-bond donors (Lipinski definition) is 0. The monoisotopic (exact) mass is 523 g/mol. The molecule has 0 aliphatic heterocycles. The van der Waals surface area contributed by atoms with Crippen molar-refractivity contribution < 1.29 is 17.9 Å². The van der Waals surface area contributed by atoms with Gasteiger partial charge in [-0.1, -0.05) is 50.0 Å². The van der Waals surface area contributed by atoms with Gasteiger partial charge in [0.25, 0.3) is 0 Å². The predicted molar refractivity (Wildman–Crippen MR) is 140 cm³/mol. The van der Waals surface area contributed by atoms with Crippen molar-refractivity contribution in [3.8, 4) is 0 Å². The smallest absolute Gasteiger partial charge is 0.194 e. The van der Waals surface area contributed by atoms with E-state index >= 15 is 0 Å². The number of sulfone groups is 1. The van der Waals surface area contributed by atoms with Crippen LogP contribution in [0.5, 0.6) is 0 Å². The predicted octanol–water partition coefficient (Wildman–Crippen LogP) is 6.78. The third-order valence-corrected chi connectivity index (χ3v) is 5.72. The Morgan fingerprint density at radius 1 is 0.971 bits per heavy atom. The summed E-state index contributed by atoms with van der Waals surface area (Å²) in [6.07, 6.45) is 4.61. The maximum atomic E-state index is 12.3. The fourth-order valence-electron chi connectivity index (χ4n) is 2.40. The molecule has 2 aromatic carbocycles. The Labute approximate surface area is 213 Å². The Morgan fingerprint density at radius 2 is 1.56 bits per heavy atom. The Balaban J connectivity index is 0.000000337. The first kappa shape index (κ1) is 29.8. The van der Waals surface area contributed by atoms with Crippen molar-refractivity contribution in [2.45, 2.75) is 32.6 Å². The highest BCUT2D eigenvalue weighted by atomic mass is 35.5. The molecule has 0 saturated heterocycles. The molecular weight excluding hydrogens is 493 g/mol. The standard InChI is InChI=1S/C14H10Cl2O3S.C7H16O.C5H5N/c1-20(18,19)11-5-2-9(3-6-11)14(17)12-8-10(15)4-7-13(12)16;1-5-8-6-7(2,3)4;1-2-4-6-5-3-1/h2-8H,1H3;5-6H2,1-4H3;1-5H. The van der Waals surface area contributed by atoms with Crippen LogP contribution in [0.4, 0.5) is 0 Å². The van der Waals surface area contributed by atoms with E-state index in [9.17, 15) is 13.2 Å². The number of aromatic nitrogens is 1. The lowest BCUT2D eigenvalue weighted by Crippen LogP contribution is -2.14. The molecule has 0 bridgehead atoms. The van der Waals surface area contributed by atoms with Crippen molar-refractivity contribution in [2.24, 2.45) is 5.41 Å². The van der Waals surface area contributed by atoms with E-state index in [0.29, 0.717) is 21.0 Å². The maximum absolute atomic E-state index is 12.3. The minimum absolute atomic E-state index is 0.159. The minimum atomic E-state index is -3.28. The van der Waals surface area contributed by atoms with Crippen LogP contribution in [0.25, 0.3) is 0 Å². The van der Waals surface area contributed by atoms with Crippen molar-refractivity contribution in [3.05, 3.63) is 94.2 Å². The molecule has 0 saturated carbocycles. The van der Waals surface area contributed by atoms with Crippen LogP contribution in [0.3, 0.4) is 0 Å². The van der Waals surface area contributed by atoms with Gasteiger partial charge in [0.2, 0.25) is 0 Å². The summed E-state index contributed by atoms with van der Waals surface area (Å²) in [6, 6.07) is 16.0. The van der Waals surface area contributed by atoms with Gasteiger partial charge in [-0.25, -0.2) is 8.42 Å². The molecule has 1 aromatic heterocycles. The molecule has 0 atom stereocenters. The molecule has 34 heavy (non-hydrogen) atoms. The molecule has 3 rings (SSSR count). The molecule has 1 heterocycles. The van der Waals surface area contributed by atoms with Crippen molar-refractivity contribution in [1.29, 1.82) is 0 Å². The molecule has 184 valence electrons. The van der Waals surface area contributed by atoms with E-state index in [0.717, 1.165) is 19.5 Å². The second-order valence-electron chi connectivity index (χ2n) is 8.47. The van der Waals surface area contributed by atoms with Crippen molar-refractivity contribution in [1.82, 2.24) is 4.98 Å². The zero-order chi connectivity index (χ0) is 25.8. The zero-order valence-electron chi connectivity index (χ0n) is 20.1. The molecule has 5 nitrogen and oxygen atoms in total. The number of carbonyl (C=O) groups is 1. The molecule has 0 spiro atoms. The van der Waals surface area contributed by atoms with Gasteiger partial charge in [-0.05, 0) is 66.9 Å². The molecular formula is C26H31Cl2NO4S. The number of pyridine rings is 1. The van der Waals surface area contributed by atoms with Crippen LogP contribution in [0.15, 0.2) is 78.0 Å². The summed E-state index contributed by atoms with van der Waals surface area (Å²) in [6.45, 7) is 10.2. The highest BCUT2D eigenvalue weighted by Crippen LogP contribution is 2.24. The van der Waals surface area contributed by atoms with Crippen LogP contribution in [0.2, 0.25) is 10.0 Å². The first-order valence-electron chi connectivity index (χ1n) is 10.6. The van der Waals surface area contributed by atoms with E-state index in [1.807, 2.05) is 25.1 Å². The van der Waals surface area contributed by atoms with Crippen LogP contribution in [-0.2, 0) is 14.6 Å². The van der Waals surface area contributed by atoms with E-state index in [4.69, 9.17) is 27.9 Å². The Morgan fingerprint density at radius 3 is 1.94 bits per heavy atom. The number of carbonyl (C=O) groups excluding carboxylic acids is 1. The molecule has 0 aliphatic carbocycles. The summed E-state index contributed by atoms with van der Waals surface area (Å²) in [4.78, 5) is 16.2. The van der Waals surface area contributed by atoms with Gasteiger partial charge < -0.3 is 4.74 Å². The number of nitrogens with zero attached hydrogens (tertiary/aromatic N) is 1. The summed E-state index contributed by atoms with van der Waals surface area (Å²) >= 11 is 11.8. The lowest BCUT2D eigenvalue weighted by atomic mass is 9.99. The molecule has 8 heteroatoms. The summed E-state index contributed by atoms with van der Waals surface area (Å²) in [5.74, 6) is -0.308. The van der Waals surface area contributed by atoms with Gasteiger partial charge in [0.15, 0.2) is 15.6 Å². The van der Waals surface area contributed by atoms with Crippen LogP contribution >= 0.6 is 23.2 Å². The van der Waals surface area contributed by atoms with E-state index in [1.165, 1.54) is 30.3 Å². The van der Waals surface area contributed by atoms with Crippen LogP contribution in [-0.4, -0.2) is 38.7 Å². The van der Waals surface area contributed by atoms with Gasteiger partial charge in [0.1, 0.15) is 0 Å². The van der Waals surface area contributed by atoms with Gasteiger partial charge >= 0.3 is 0 Å². The third kappa shape index (κ3) is 11.7. The van der Waals surface area contributed by atoms with Gasteiger partial charge in [-0.15, -0.1) is 0 Å². The number of rotatable bonds is 5. The summed E-state index contributed by atoms with van der Waals surface area (Å²) < 4.78 is 27.9. The molecule has 0 N–H and O–H groups in total. The highest BCUT2D eigenvalue weighted by Gasteiger charge is 2.15. The number of ketones is 1. The maximum Gasteiger partial charge on any atom is 0.194 e. The normalized spacial score (nSPS) is 10.9. The number of halogens is 2. The number of ether oxygens (including phenoxy) is 1. The molecule has 0 unspecified atom stereocenters. The Kier molecular flexibility index (Phi) is 12.5. The Hall–Kier alpha value is -2.25. The lowest BCUT2D eigenvalue weighted by molar-refractivity contribution is 0.0805. The average Bonchev–Trinajstić information content (AvgIpc) is 2.80. The summed E-state index contributed by atoms with van der Waals surface area (Å²) in [7, 11) is -3.28. The van der Waals surface area contributed by atoms with Gasteiger partial charge in [-0.2, -0.15) is 0 Å². The topological polar surface area (TPSA) is 73.3 Å². The Bertz CT molecular complexity index is 1100. The van der Waals surface area contributed by atoms with E-state index in [1.54, 1.807) is 24.5 Å². The van der Waals surface area contributed by atoms with E-state index in [-0.39, 0.29) is 16.2 Å². The zero-order valence-corrected chi connectivity index (χ0v) is 22.4. The number of hydrogen-bond acceptors (Lipinski definition) is 5. The van der Waals surface area contributed by atoms with Crippen molar-refractivity contribution in [3.63, 3.8) is 0 Å². The molecule has 3 aromatic rings. The molecule has 0 radical (unpaired) electrons. The SMILES string of the molecule is CCOCC(C)(C)C.CS(=O)(=O)c1ccc(C(=O)c2cc(Cl)ccc2Cl)cc1.c1ccncc1. The third-order valence-electron chi connectivity index (χ3n) is 4.02. The largest absolute Gasteiger partial charge is 0.381 e. The van der Waals surface area contributed by atoms with Crippen LogP contribution in [0, 0.1) is 5.41 Å². The summed E-state index contributed by atoms with van der Waals surface area (Å²) in [5, 5.41) is 0.706. The second-order valence-corrected chi connectivity index (χ2v) is 11.3. The number of benzene rings is 2. The van der Waals surface area contributed by atoms with Gasteiger partial charge in [-0.3, -0.25) is 9.78 Å². The van der Waals surface area contributed by atoms with Crippen LogP contribution < -0.4 is 0 Å². The molecule has 0 aliphatic rings. The summed E-state index contributed by atoms with van der Waals surface area (Å²) in [5.41, 5.74) is 0.962. The first-order chi connectivity index (χ1) is 15.8. The van der Waals surface area contributed by atoms with Crippen molar-refractivity contribution >= 4 is 38.8 Å². The van der Waals surface area contributed by atoms with Crippen LogP contribution in [0.1, 0.15) is 43.6 Å². The van der Waals surface area contributed by atoms with E-state index in [2.05, 4.69) is 25.8 Å². The highest BCUT2D eigenvalue weighted by molar-refractivity contribution is 7.90. The first-order valence-corrected chi connectivity index (χ1v) is 13.2.